The number of hydrogen-bond donors (Lipinski definition) is 2. The van der Waals surface area contributed by atoms with Crippen LogP contribution >= 0.6 is 15.9 Å². The molecular weight excluding hydrogens is 961 g/mol. The summed E-state index contributed by atoms with van der Waals surface area (Å²) < 4.78 is 0. The number of benzene rings is 8. The topological polar surface area (TPSA) is 40.5 Å². The second-order valence-electron chi connectivity index (χ2n) is 22.6. The molecule has 1 aliphatic heterocycles. The van der Waals surface area contributed by atoms with E-state index in [9.17, 15) is 10.2 Å². The van der Waals surface area contributed by atoms with E-state index in [4.69, 9.17) is 0 Å². The summed E-state index contributed by atoms with van der Waals surface area (Å²) in [5.74, 6) is 2.69. The molecule has 2 nitrogen and oxygen atoms in total. The Bertz CT molecular complexity index is 2830. The van der Waals surface area contributed by atoms with Gasteiger partial charge in [0.15, 0.2) is 0 Å². The molecule has 1 aliphatic carbocycles. The molecule has 0 radical (unpaired) electrons. The number of phenolic OH excluding ortho intramolecular Hbond substituents is 2. The normalized spacial score (nSPS) is 18.4. The average molecular weight is 1030 g/mol. The molecule has 1 fully saturated rings. The van der Waals surface area contributed by atoms with E-state index in [0.717, 1.165) is 67.1 Å². The van der Waals surface area contributed by atoms with Gasteiger partial charge in [0.1, 0.15) is 0 Å². The summed E-state index contributed by atoms with van der Waals surface area (Å²) >= 11 is -0.530. The van der Waals surface area contributed by atoms with Gasteiger partial charge in [-0.1, -0.05) is 0 Å². The Labute approximate surface area is 446 Å². The third kappa shape index (κ3) is 9.95. The molecular formula is C68H72O2S2Ti. The van der Waals surface area contributed by atoms with Gasteiger partial charge >= 0.3 is 450 Å². The van der Waals surface area contributed by atoms with Gasteiger partial charge in [-0.2, -0.15) is 0 Å². The molecule has 2 aliphatic rings. The predicted octanol–water partition coefficient (Wildman–Crippen LogP) is 17.7. The van der Waals surface area contributed by atoms with Crippen LogP contribution in [0.15, 0.2) is 206 Å². The second-order valence-corrected chi connectivity index (χ2v) is 34.0. The molecule has 0 amide bonds. The van der Waals surface area contributed by atoms with Gasteiger partial charge in [0.2, 0.25) is 0 Å². The third-order valence-corrected chi connectivity index (χ3v) is 31.8. The van der Waals surface area contributed by atoms with Crippen molar-refractivity contribution in [2.45, 2.75) is 124 Å². The molecule has 2 unspecified atom stereocenters. The zero-order valence-corrected chi connectivity index (χ0v) is 46.8. The Kier molecular flexibility index (Phi) is 15.1. The fourth-order valence-corrected chi connectivity index (χ4v) is 32.9. The third-order valence-electron chi connectivity index (χ3n) is 15.9. The van der Waals surface area contributed by atoms with Crippen molar-refractivity contribution in [3.8, 4) is 11.5 Å². The van der Waals surface area contributed by atoms with Gasteiger partial charge in [-0.25, -0.2) is 0 Å². The quantitative estimate of drug-likeness (QED) is 0.0946. The van der Waals surface area contributed by atoms with Gasteiger partial charge in [-0.05, 0) is 0 Å². The maximum atomic E-state index is 13.4. The number of aromatic hydroxyl groups is 2. The molecule has 0 spiro atoms. The van der Waals surface area contributed by atoms with Gasteiger partial charge in [0, 0.05) is 0 Å². The Hall–Kier alpha value is -5.23. The van der Waals surface area contributed by atoms with E-state index in [0.29, 0.717) is 22.0 Å². The molecule has 2 N–H and O–H groups in total. The summed E-state index contributed by atoms with van der Waals surface area (Å²) in [7, 11) is 0.248. The standard InChI is InChI=1S/C68H72O2S2.Ti/c1-65(2,3)57-43-49(63(69)59(45-57)67(51-29-15-9-16-30-51,52-31-17-10-18-32-52)53-33-19-11-20-34-53)47-71-61-41-27-7-8-28-42-62(61)72-48-50-44-58(66(4,5)6)46-60(64(50)70)68(54-35-21-12-22-36-54,55-37-23-13-24-38-55)56-39-25-14-26-40-56;/h9-26,29-40,43-46,61-62,69-70H,7-8,27-28,41-42,47-48H2,1-6H3;/t61-,62-;/m0./s1. The monoisotopic (exact) mass is 1030 g/mol. The summed E-state index contributed by atoms with van der Waals surface area (Å²) in [5, 5.41) is 28.0. The van der Waals surface area contributed by atoms with Crippen LogP contribution in [0.5, 0.6) is 11.5 Å². The minimum absolute atomic E-state index is 0.124. The van der Waals surface area contributed by atoms with Crippen molar-refractivity contribution in [2.24, 2.45) is 0 Å². The maximum absolute atomic E-state index is 13.4. The molecule has 5 heteroatoms. The van der Waals surface area contributed by atoms with Crippen LogP contribution in [0.3, 0.4) is 0 Å². The van der Waals surface area contributed by atoms with Gasteiger partial charge < -0.3 is 0 Å². The van der Waals surface area contributed by atoms with Crippen molar-refractivity contribution in [3.05, 3.63) is 273 Å². The van der Waals surface area contributed by atoms with Gasteiger partial charge in [-0.3, -0.25) is 0 Å². The Balaban J connectivity index is 1.19. The van der Waals surface area contributed by atoms with Crippen molar-refractivity contribution in [2.75, 3.05) is 0 Å². The molecule has 73 heavy (non-hydrogen) atoms. The van der Waals surface area contributed by atoms with Crippen LogP contribution in [0.1, 0.15) is 147 Å². The van der Waals surface area contributed by atoms with Gasteiger partial charge in [-0.15, -0.1) is 0 Å². The van der Waals surface area contributed by atoms with Crippen molar-refractivity contribution in [1.82, 2.24) is 0 Å². The van der Waals surface area contributed by atoms with Crippen LogP contribution in [0, 0.1) is 0 Å². The predicted molar refractivity (Wildman–Crippen MR) is 308 cm³/mol. The molecule has 8 aromatic rings. The van der Waals surface area contributed by atoms with Crippen LogP contribution in [0.2, 0.25) is 0 Å². The second kappa shape index (κ2) is 21.6. The van der Waals surface area contributed by atoms with Crippen LogP contribution in [0.25, 0.3) is 0 Å². The first kappa shape index (κ1) is 51.3. The zero-order valence-electron chi connectivity index (χ0n) is 43.7. The van der Waals surface area contributed by atoms with E-state index >= 15 is 0 Å². The first-order valence-corrected chi connectivity index (χ1v) is 33.3. The Morgan fingerprint density at radius 2 is 0.630 bits per heavy atom. The molecule has 10 rings (SSSR count). The first-order valence-electron chi connectivity index (χ1n) is 26.5. The van der Waals surface area contributed by atoms with Crippen LogP contribution in [-0.2, 0) is 48.6 Å². The molecule has 0 saturated heterocycles. The van der Waals surface area contributed by atoms with Crippen molar-refractivity contribution in [3.63, 3.8) is 0 Å². The first-order chi connectivity index (χ1) is 35.3. The number of hydrogen-bond acceptors (Lipinski definition) is 2. The van der Waals surface area contributed by atoms with Crippen molar-refractivity contribution >= 4 is 15.9 Å². The fraction of sp³-hybridized carbons (Fsp3) is 0.294. The van der Waals surface area contributed by atoms with Gasteiger partial charge in [0.05, 0.1) is 0 Å². The van der Waals surface area contributed by atoms with Gasteiger partial charge in [0.25, 0.3) is 0 Å². The molecule has 372 valence electrons. The molecule has 0 aromatic heterocycles. The minimum atomic E-state index is -0.756. The van der Waals surface area contributed by atoms with E-state index in [1.807, 2.05) is 0 Å². The summed E-state index contributed by atoms with van der Waals surface area (Å²) in [6.45, 7) is 13.9. The molecule has 8 aromatic carbocycles. The zero-order chi connectivity index (χ0) is 50.8. The summed E-state index contributed by atoms with van der Waals surface area (Å²) in [6, 6.07) is 74.7. The van der Waals surface area contributed by atoms with E-state index < -0.39 is 26.3 Å². The van der Waals surface area contributed by atoms with Crippen molar-refractivity contribution in [1.29, 1.82) is 0 Å². The fourth-order valence-electron chi connectivity index (χ4n) is 12.0. The van der Waals surface area contributed by atoms with Crippen LogP contribution in [-0.4, -0.2) is 20.7 Å². The molecule has 0 bridgehead atoms. The summed E-state index contributed by atoms with van der Waals surface area (Å²) in [4.78, 5) is 0. The summed E-state index contributed by atoms with van der Waals surface area (Å²) in [5.41, 5.74) is 11.7. The molecule has 1 saturated carbocycles. The SMILES string of the molecule is CC(C)(C)c1cc(C[S]2=[Ti]=[S](Cc3cc(C(C)(C)C)cc(C(c4ccccc4)(c4ccccc4)c4ccccc4)c3O)[C@H]3CCCCCC[C@@H]32)c(O)c(C(c2ccccc2)(c2ccccc2)c2ccccc2)c1. The number of phenols is 2. The number of fused-ring (bicyclic) bond motifs is 1. The molecule has 1 heterocycles. The van der Waals surface area contributed by atoms with E-state index in [1.54, 1.807) is 0 Å². The van der Waals surface area contributed by atoms with E-state index in [1.165, 1.54) is 49.7 Å². The Morgan fingerprint density at radius 1 is 0.370 bits per heavy atom. The van der Waals surface area contributed by atoms with Crippen molar-refractivity contribution < 1.29 is 25.7 Å². The van der Waals surface area contributed by atoms with E-state index in [-0.39, 0.29) is 26.8 Å². The molecule has 4 atom stereocenters. The van der Waals surface area contributed by atoms with E-state index in [2.05, 4.69) is 248 Å². The number of rotatable bonds is 12. The average Bonchev–Trinajstić information content (AvgIpc) is 3.70. The van der Waals surface area contributed by atoms with Crippen LogP contribution in [0.4, 0.5) is 0 Å². The Morgan fingerprint density at radius 3 is 0.877 bits per heavy atom. The summed E-state index contributed by atoms with van der Waals surface area (Å²) in [6.07, 6.45) is 7.66. The van der Waals surface area contributed by atoms with Crippen LogP contribution < -0.4 is 0 Å².